The first-order chi connectivity index (χ1) is 22.5. The van der Waals surface area contributed by atoms with Crippen molar-refractivity contribution in [3.63, 3.8) is 0 Å². The van der Waals surface area contributed by atoms with E-state index in [0.29, 0.717) is 24.3 Å². The quantitative estimate of drug-likeness (QED) is 0.0577. The van der Waals surface area contributed by atoms with Gasteiger partial charge in [0.05, 0.1) is 25.4 Å². The maximum Gasteiger partial charge on any atom is 0.330 e. The van der Waals surface area contributed by atoms with Gasteiger partial charge in [0.2, 0.25) is 0 Å². The SMILES string of the molecule is CCC(C)(C)C(=O)OCCOC(=O)CCC(=O)Oc1ccc(-c2ccc(CCC(=O)Oc3ccc(/C=C/C(=O)OC)cc3)cc2)cc1. The van der Waals surface area contributed by atoms with Crippen molar-refractivity contribution in [2.75, 3.05) is 20.3 Å². The molecule has 0 aliphatic carbocycles. The van der Waals surface area contributed by atoms with E-state index in [1.807, 2.05) is 43.3 Å². The molecule has 0 atom stereocenters. The minimum absolute atomic E-state index is 0.0422. The topological polar surface area (TPSA) is 132 Å². The van der Waals surface area contributed by atoms with Gasteiger partial charge in [-0.25, -0.2) is 4.79 Å². The number of hydrogen-bond acceptors (Lipinski definition) is 10. The molecule has 0 aliphatic rings. The third-order valence-corrected chi connectivity index (χ3v) is 7.27. The predicted molar refractivity (Wildman–Crippen MR) is 174 cm³/mol. The lowest BCUT2D eigenvalue weighted by Crippen LogP contribution is -2.27. The van der Waals surface area contributed by atoms with Crippen LogP contribution in [-0.4, -0.2) is 50.2 Å². The normalized spacial score (nSPS) is 11.1. The molecule has 248 valence electrons. The highest BCUT2D eigenvalue weighted by Crippen LogP contribution is 2.24. The highest BCUT2D eigenvalue weighted by atomic mass is 16.6. The molecule has 47 heavy (non-hydrogen) atoms. The molecule has 0 spiro atoms. The van der Waals surface area contributed by atoms with Crippen molar-refractivity contribution < 1.29 is 47.7 Å². The fourth-order valence-electron chi connectivity index (χ4n) is 3.98. The van der Waals surface area contributed by atoms with Crippen molar-refractivity contribution in [2.45, 2.75) is 52.9 Å². The van der Waals surface area contributed by atoms with E-state index in [9.17, 15) is 24.0 Å². The van der Waals surface area contributed by atoms with Crippen LogP contribution in [0.3, 0.4) is 0 Å². The van der Waals surface area contributed by atoms with E-state index < -0.39 is 23.3 Å². The minimum atomic E-state index is -0.596. The zero-order valence-corrected chi connectivity index (χ0v) is 27.1. The Balaban J connectivity index is 1.37. The number of hydrogen-bond donors (Lipinski definition) is 0. The molecule has 0 fully saturated rings. The number of methoxy groups -OCH3 is 1. The first-order valence-electron chi connectivity index (χ1n) is 15.3. The predicted octanol–water partition coefficient (Wildman–Crippen LogP) is 6.29. The molecule has 3 aromatic carbocycles. The highest BCUT2D eigenvalue weighted by Gasteiger charge is 2.27. The third kappa shape index (κ3) is 12.6. The lowest BCUT2D eigenvalue weighted by molar-refractivity contribution is -0.159. The van der Waals surface area contributed by atoms with E-state index in [2.05, 4.69) is 4.74 Å². The molecular weight excluding hydrogens is 604 g/mol. The van der Waals surface area contributed by atoms with Crippen molar-refractivity contribution in [1.82, 2.24) is 0 Å². The zero-order valence-electron chi connectivity index (χ0n) is 27.1. The molecule has 0 radical (unpaired) electrons. The Morgan fingerprint density at radius 2 is 1.17 bits per heavy atom. The Hall–Kier alpha value is -5.25. The first-order valence-corrected chi connectivity index (χ1v) is 15.3. The van der Waals surface area contributed by atoms with Crippen molar-refractivity contribution in [2.24, 2.45) is 5.41 Å². The van der Waals surface area contributed by atoms with Gasteiger partial charge in [0.1, 0.15) is 24.7 Å². The number of esters is 5. The van der Waals surface area contributed by atoms with E-state index in [0.717, 1.165) is 22.3 Å². The monoisotopic (exact) mass is 644 g/mol. The van der Waals surface area contributed by atoms with Crippen molar-refractivity contribution in [3.8, 4) is 22.6 Å². The van der Waals surface area contributed by atoms with Gasteiger partial charge >= 0.3 is 29.8 Å². The molecule has 3 rings (SSSR count). The molecule has 0 aromatic heterocycles. The molecule has 10 nitrogen and oxygen atoms in total. The van der Waals surface area contributed by atoms with Crippen LogP contribution in [0.4, 0.5) is 0 Å². The van der Waals surface area contributed by atoms with Crippen LogP contribution in [0.15, 0.2) is 78.9 Å². The summed E-state index contributed by atoms with van der Waals surface area (Å²) in [4.78, 5) is 59.6. The van der Waals surface area contributed by atoms with Crippen molar-refractivity contribution in [3.05, 3.63) is 90.0 Å². The van der Waals surface area contributed by atoms with Gasteiger partial charge in [-0.2, -0.15) is 0 Å². The molecule has 0 bridgehead atoms. The van der Waals surface area contributed by atoms with Gasteiger partial charge in [-0.3, -0.25) is 19.2 Å². The summed E-state index contributed by atoms with van der Waals surface area (Å²) in [5, 5.41) is 0. The summed E-state index contributed by atoms with van der Waals surface area (Å²) in [6.45, 7) is 5.33. The standard InChI is InChI=1S/C37H40O10/c1-5-37(2,3)36(42)45-25-24-44-33(39)22-23-35(41)47-31-18-14-29(15-19-31)28-12-6-26(7-13-28)11-21-34(40)46-30-16-8-27(9-17-30)10-20-32(38)43-4/h6-10,12-20H,5,11,21-25H2,1-4H3/b20-10+. The van der Waals surface area contributed by atoms with Crippen LogP contribution >= 0.6 is 0 Å². The van der Waals surface area contributed by atoms with Crippen LogP contribution < -0.4 is 9.47 Å². The van der Waals surface area contributed by atoms with Crippen LogP contribution in [0, 0.1) is 5.41 Å². The van der Waals surface area contributed by atoms with E-state index in [1.54, 1.807) is 56.3 Å². The van der Waals surface area contributed by atoms with Gasteiger partial charge in [0.25, 0.3) is 0 Å². The molecule has 0 heterocycles. The number of ether oxygens (including phenoxy) is 5. The third-order valence-electron chi connectivity index (χ3n) is 7.27. The van der Waals surface area contributed by atoms with Crippen molar-refractivity contribution >= 4 is 35.9 Å². The Bertz CT molecular complexity index is 1540. The second kappa shape index (κ2) is 18.0. The van der Waals surface area contributed by atoms with Gasteiger partial charge in [0, 0.05) is 12.5 Å². The molecule has 0 N–H and O–H groups in total. The van der Waals surface area contributed by atoms with E-state index in [-0.39, 0.29) is 44.4 Å². The Morgan fingerprint density at radius 3 is 1.74 bits per heavy atom. The van der Waals surface area contributed by atoms with Crippen molar-refractivity contribution in [1.29, 1.82) is 0 Å². The molecule has 0 amide bonds. The summed E-state index contributed by atoms with van der Waals surface area (Å²) in [6.07, 6.45) is 3.95. The van der Waals surface area contributed by atoms with E-state index in [1.165, 1.54) is 13.2 Å². The number of rotatable bonds is 16. The summed E-state index contributed by atoms with van der Waals surface area (Å²) >= 11 is 0. The highest BCUT2D eigenvalue weighted by molar-refractivity contribution is 5.87. The van der Waals surface area contributed by atoms with Gasteiger partial charge in [-0.15, -0.1) is 0 Å². The molecule has 3 aromatic rings. The lowest BCUT2D eigenvalue weighted by Gasteiger charge is -2.20. The first kappa shape index (κ1) is 36.2. The van der Waals surface area contributed by atoms with Gasteiger partial charge in [-0.05, 0) is 79.3 Å². The van der Waals surface area contributed by atoms with Crippen LogP contribution in [0.2, 0.25) is 0 Å². The molecular formula is C37H40O10. The summed E-state index contributed by atoms with van der Waals surface area (Å²) < 4.78 is 25.4. The Morgan fingerprint density at radius 1 is 0.660 bits per heavy atom. The summed E-state index contributed by atoms with van der Waals surface area (Å²) in [5.74, 6) is -1.55. The van der Waals surface area contributed by atoms with Gasteiger partial charge in [-0.1, -0.05) is 55.5 Å². The average Bonchev–Trinajstić information content (AvgIpc) is 3.08. The van der Waals surface area contributed by atoms with Crippen LogP contribution in [0.5, 0.6) is 11.5 Å². The fraction of sp³-hybridized carbons (Fsp3) is 0.324. The number of carbonyl (C=O) groups is 5. The maximum absolute atomic E-state index is 12.3. The number of carbonyl (C=O) groups excluding carboxylic acids is 5. The number of benzene rings is 3. The number of aryl methyl sites for hydroxylation is 1. The van der Waals surface area contributed by atoms with E-state index >= 15 is 0 Å². The Labute approximate surface area is 274 Å². The molecule has 0 saturated carbocycles. The van der Waals surface area contributed by atoms with E-state index in [4.69, 9.17) is 18.9 Å². The summed E-state index contributed by atoms with van der Waals surface area (Å²) in [7, 11) is 1.31. The molecule has 0 unspecified atom stereocenters. The summed E-state index contributed by atoms with van der Waals surface area (Å²) in [6, 6.07) is 21.5. The Kier molecular flexibility index (Phi) is 13.9. The molecule has 0 saturated heterocycles. The lowest BCUT2D eigenvalue weighted by atomic mass is 9.91. The fourth-order valence-corrected chi connectivity index (χ4v) is 3.98. The average molecular weight is 645 g/mol. The minimum Gasteiger partial charge on any atom is -0.466 e. The largest absolute Gasteiger partial charge is 0.466 e. The maximum atomic E-state index is 12.3. The second-order valence-electron chi connectivity index (χ2n) is 11.2. The van der Waals surface area contributed by atoms with Crippen LogP contribution in [0.1, 0.15) is 57.6 Å². The molecule has 10 heteroatoms. The van der Waals surface area contributed by atoms with Crippen LogP contribution in [0.25, 0.3) is 17.2 Å². The van der Waals surface area contributed by atoms with Gasteiger partial charge < -0.3 is 23.7 Å². The zero-order chi connectivity index (χ0) is 34.2. The summed E-state index contributed by atoms with van der Waals surface area (Å²) in [5.41, 5.74) is 3.00. The van der Waals surface area contributed by atoms with Crippen LogP contribution in [-0.2, 0) is 44.6 Å². The van der Waals surface area contributed by atoms with Gasteiger partial charge in [0.15, 0.2) is 0 Å². The molecule has 0 aliphatic heterocycles. The smallest absolute Gasteiger partial charge is 0.330 e. The second-order valence-corrected chi connectivity index (χ2v) is 11.2.